The Kier molecular flexibility index (Phi) is 3.97. The number of rotatable bonds is 2. The van der Waals surface area contributed by atoms with Gasteiger partial charge in [-0.05, 0) is 37.1 Å². The van der Waals surface area contributed by atoms with Gasteiger partial charge in [-0.15, -0.1) is 0 Å². The molecule has 1 fully saturated rings. The number of halogens is 1. The van der Waals surface area contributed by atoms with E-state index in [0.29, 0.717) is 30.9 Å². The van der Waals surface area contributed by atoms with Crippen LogP contribution < -0.4 is 0 Å². The van der Waals surface area contributed by atoms with Gasteiger partial charge >= 0.3 is 0 Å². The Morgan fingerprint density at radius 2 is 2.33 bits per heavy atom. The molecule has 98 valence electrons. The van der Waals surface area contributed by atoms with E-state index in [1.165, 1.54) is 6.07 Å². The maximum Gasteiger partial charge on any atom is 0.254 e. The fraction of sp³-hybridized carbons (Fsp3) is 0.500. The van der Waals surface area contributed by atoms with Crippen molar-refractivity contribution < 1.29 is 13.9 Å². The number of ether oxygens (including phenoxy) is 1. The van der Waals surface area contributed by atoms with Crippen molar-refractivity contribution in [3.8, 4) is 0 Å². The minimum absolute atomic E-state index is 0.0340. The molecule has 3 nitrogen and oxygen atoms in total. The van der Waals surface area contributed by atoms with Crippen LogP contribution in [0.4, 0.5) is 4.39 Å². The van der Waals surface area contributed by atoms with Gasteiger partial charge in [0.1, 0.15) is 5.82 Å². The number of carbonyl (C=O) groups excluding carboxylic acids is 1. The molecule has 1 saturated heterocycles. The molecule has 0 aromatic heterocycles. The lowest BCUT2D eigenvalue weighted by Crippen LogP contribution is -2.48. The lowest BCUT2D eigenvalue weighted by molar-refractivity contribution is -0.00280. The summed E-state index contributed by atoms with van der Waals surface area (Å²) >= 11 is 0. The monoisotopic (exact) mass is 251 g/mol. The van der Waals surface area contributed by atoms with Gasteiger partial charge < -0.3 is 9.64 Å². The van der Waals surface area contributed by atoms with Crippen LogP contribution in [-0.4, -0.2) is 36.6 Å². The Morgan fingerprint density at radius 3 is 3.00 bits per heavy atom. The molecule has 1 atom stereocenters. The summed E-state index contributed by atoms with van der Waals surface area (Å²) in [5.74, 6) is -0.311. The van der Waals surface area contributed by atoms with Gasteiger partial charge in [0.2, 0.25) is 0 Å². The number of aryl methyl sites for hydroxylation is 1. The molecule has 1 aromatic rings. The smallest absolute Gasteiger partial charge is 0.254 e. The Morgan fingerprint density at radius 1 is 1.56 bits per heavy atom. The molecule has 2 rings (SSSR count). The summed E-state index contributed by atoms with van der Waals surface area (Å²) in [6.07, 6.45) is 0.867. The highest BCUT2D eigenvalue weighted by Gasteiger charge is 2.26. The van der Waals surface area contributed by atoms with Crippen LogP contribution in [0.15, 0.2) is 18.2 Å². The molecule has 1 unspecified atom stereocenters. The van der Waals surface area contributed by atoms with Gasteiger partial charge in [-0.3, -0.25) is 4.79 Å². The van der Waals surface area contributed by atoms with Crippen LogP contribution in [0.25, 0.3) is 0 Å². The van der Waals surface area contributed by atoms with E-state index in [0.717, 1.165) is 6.42 Å². The molecular weight excluding hydrogens is 233 g/mol. The van der Waals surface area contributed by atoms with Crippen molar-refractivity contribution >= 4 is 5.91 Å². The molecule has 18 heavy (non-hydrogen) atoms. The summed E-state index contributed by atoms with van der Waals surface area (Å²) in [4.78, 5) is 14.2. The van der Waals surface area contributed by atoms with Gasteiger partial charge in [0.25, 0.3) is 5.91 Å². The van der Waals surface area contributed by atoms with Crippen LogP contribution in [0.5, 0.6) is 0 Å². The summed E-state index contributed by atoms with van der Waals surface area (Å²) < 4.78 is 18.6. The van der Waals surface area contributed by atoms with Crippen molar-refractivity contribution in [1.29, 1.82) is 0 Å². The number of carbonyl (C=O) groups is 1. The molecule has 4 heteroatoms. The molecule has 1 aliphatic rings. The van der Waals surface area contributed by atoms with Crippen molar-refractivity contribution in [2.75, 3.05) is 19.8 Å². The normalized spacial score (nSPS) is 19.9. The number of benzene rings is 1. The Hall–Kier alpha value is -1.42. The van der Waals surface area contributed by atoms with Gasteiger partial charge in [-0.25, -0.2) is 4.39 Å². The van der Waals surface area contributed by atoms with Crippen LogP contribution in [0, 0.1) is 12.7 Å². The first kappa shape index (κ1) is 13.0. The number of amides is 1. The molecule has 0 spiro atoms. The third kappa shape index (κ3) is 2.53. The number of hydrogen-bond donors (Lipinski definition) is 0. The highest BCUT2D eigenvalue weighted by molar-refractivity contribution is 5.94. The zero-order valence-corrected chi connectivity index (χ0v) is 10.8. The lowest BCUT2D eigenvalue weighted by Gasteiger charge is -2.35. The van der Waals surface area contributed by atoms with E-state index in [9.17, 15) is 9.18 Å². The van der Waals surface area contributed by atoms with E-state index in [1.807, 2.05) is 11.8 Å². The molecule has 1 aliphatic heterocycles. The number of hydrogen-bond acceptors (Lipinski definition) is 2. The van der Waals surface area contributed by atoms with E-state index >= 15 is 0 Å². The van der Waals surface area contributed by atoms with Crippen molar-refractivity contribution in [3.05, 3.63) is 35.1 Å². The third-order valence-electron chi connectivity index (χ3n) is 3.36. The zero-order chi connectivity index (χ0) is 13.1. The van der Waals surface area contributed by atoms with Crippen molar-refractivity contribution in [2.45, 2.75) is 26.3 Å². The van der Waals surface area contributed by atoms with Crippen molar-refractivity contribution in [1.82, 2.24) is 4.90 Å². The maximum atomic E-state index is 13.2. The predicted molar refractivity (Wildman–Crippen MR) is 67.1 cm³/mol. The summed E-state index contributed by atoms with van der Waals surface area (Å²) in [7, 11) is 0. The molecule has 0 saturated carbocycles. The maximum absolute atomic E-state index is 13.2. The average molecular weight is 251 g/mol. The molecule has 0 N–H and O–H groups in total. The number of nitrogens with zero attached hydrogens (tertiary/aromatic N) is 1. The average Bonchev–Trinajstić information content (AvgIpc) is 2.41. The highest BCUT2D eigenvalue weighted by atomic mass is 19.1. The molecular formula is C14H18FNO2. The first-order valence-electron chi connectivity index (χ1n) is 6.28. The minimum Gasteiger partial charge on any atom is -0.377 e. The molecule has 0 radical (unpaired) electrons. The van der Waals surface area contributed by atoms with E-state index in [1.54, 1.807) is 19.1 Å². The van der Waals surface area contributed by atoms with Crippen LogP contribution in [0.1, 0.15) is 29.3 Å². The van der Waals surface area contributed by atoms with Crippen molar-refractivity contribution in [3.63, 3.8) is 0 Å². The molecule has 1 heterocycles. The van der Waals surface area contributed by atoms with E-state index in [4.69, 9.17) is 4.74 Å². The zero-order valence-electron chi connectivity index (χ0n) is 10.8. The molecule has 0 bridgehead atoms. The van der Waals surface area contributed by atoms with E-state index < -0.39 is 0 Å². The topological polar surface area (TPSA) is 29.5 Å². The second-order valence-electron chi connectivity index (χ2n) is 4.60. The first-order valence-corrected chi connectivity index (χ1v) is 6.28. The van der Waals surface area contributed by atoms with Crippen LogP contribution >= 0.6 is 0 Å². The van der Waals surface area contributed by atoms with Crippen LogP contribution in [-0.2, 0) is 4.74 Å². The van der Waals surface area contributed by atoms with Gasteiger partial charge in [-0.2, -0.15) is 0 Å². The van der Waals surface area contributed by atoms with E-state index in [-0.39, 0.29) is 17.8 Å². The standard InChI is InChI=1S/C14H18FNO2/c1-3-12-9-18-7-6-16(12)14(17)11-4-5-13(15)10(2)8-11/h4-5,8,12H,3,6-7,9H2,1-2H3. The minimum atomic E-state index is -0.277. The van der Waals surface area contributed by atoms with Gasteiger partial charge in [-0.1, -0.05) is 6.92 Å². The van der Waals surface area contributed by atoms with Gasteiger partial charge in [0.05, 0.1) is 19.3 Å². The van der Waals surface area contributed by atoms with Crippen LogP contribution in [0.3, 0.4) is 0 Å². The first-order chi connectivity index (χ1) is 8.63. The van der Waals surface area contributed by atoms with E-state index in [2.05, 4.69) is 0 Å². The third-order valence-corrected chi connectivity index (χ3v) is 3.36. The quantitative estimate of drug-likeness (QED) is 0.807. The number of morpholine rings is 1. The summed E-state index contributed by atoms with van der Waals surface area (Å²) in [5.41, 5.74) is 1.05. The largest absolute Gasteiger partial charge is 0.377 e. The highest BCUT2D eigenvalue weighted by Crippen LogP contribution is 2.16. The molecule has 1 amide bonds. The predicted octanol–water partition coefficient (Wildman–Crippen LogP) is 2.39. The van der Waals surface area contributed by atoms with Crippen molar-refractivity contribution in [2.24, 2.45) is 0 Å². The Balaban J connectivity index is 2.21. The molecule has 0 aliphatic carbocycles. The van der Waals surface area contributed by atoms with Gasteiger partial charge in [0.15, 0.2) is 0 Å². The lowest BCUT2D eigenvalue weighted by atomic mass is 10.1. The molecule has 1 aromatic carbocycles. The Bertz CT molecular complexity index is 447. The fourth-order valence-electron chi connectivity index (χ4n) is 2.20. The summed E-state index contributed by atoms with van der Waals surface area (Å²) in [5, 5.41) is 0. The second-order valence-corrected chi connectivity index (χ2v) is 4.60. The van der Waals surface area contributed by atoms with Gasteiger partial charge in [0, 0.05) is 12.1 Å². The summed E-state index contributed by atoms with van der Waals surface area (Å²) in [6.45, 7) is 5.47. The van der Waals surface area contributed by atoms with Crippen LogP contribution in [0.2, 0.25) is 0 Å². The Labute approximate surface area is 107 Å². The SMILES string of the molecule is CCC1COCCN1C(=O)c1ccc(F)c(C)c1. The fourth-order valence-corrected chi connectivity index (χ4v) is 2.20. The second kappa shape index (κ2) is 5.48. The summed E-state index contributed by atoms with van der Waals surface area (Å²) in [6, 6.07) is 4.63.